The van der Waals surface area contributed by atoms with Gasteiger partial charge in [0, 0.05) is 16.8 Å². The van der Waals surface area contributed by atoms with Crippen LogP contribution in [0.2, 0.25) is 5.02 Å². The van der Waals surface area contributed by atoms with Gasteiger partial charge in [-0.05, 0) is 59.2 Å². The molecule has 0 aliphatic carbocycles. The van der Waals surface area contributed by atoms with Crippen LogP contribution >= 0.6 is 11.6 Å². The minimum Gasteiger partial charge on any atom is -0.256 e. The molecule has 0 amide bonds. The zero-order chi connectivity index (χ0) is 18.0. The topological polar surface area (TPSA) is 12.9 Å². The molecular weight excluding hydrogens is 326 g/mol. The number of pyridine rings is 1. The summed E-state index contributed by atoms with van der Waals surface area (Å²) in [4.78, 5) is 4.59. The highest BCUT2D eigenvalue weighted by Crippen LogP contribution is 2.29. The summed E-state index contributed by atoms with van der Waals surface area (Å²) in [6, 6.07) is 18.9. The molecule has 1 heterocycles. The van der Waals surface area contributed by atoms with Crippen molar-refractivity contribution in [2.45, 2.75) is 34.1 Å². The van der Waals surface area contributed by atoms with Gasteiger partial charge in [0.2, 0.25) is 0 Å². The third-order valence-electron chi connectivity index (χ3n) is 4.24. The van der Waals surface area contributed by atoms with E-state index in [4.69, 9.17) is 11.6 Å². The van der Waals surface area contributed by atoms with Crippen molar-refractivity contribution in [3.63, 3.8) is 0 Å². The molecule has 3 aromatic rings. The van der Waals surface area contributed by atoms with Gasteiger partial charge in [0.15, 0.2) is 0 Å². The van der Waals surface area contributed by atoms with E-state index < -0.39 is 0 Å². The normalized spacial score (nSPS) is 11.6. The van der Waals surface area contributed by atoms with Gasteiger partial charge in [0.05, 0.1) is 5.69 Å². The fourth-order valence-corrected chi connectivity index (χ4v) is 3.15. The van der Waals surface area contributed by atoms with Crippen LogP contribution < -0.4 is 0 Å². The smallest absolute Gasteiger partial charge is 0.0708 e. The van der Waals surface area contributed by atoms with Crippen LogP contribution in [0.15, 0.2) is 60.8 Å². The molecule has 0 spiro atoms. The first-order valence-electron chi connectivity index (χ1n) is 8.64. The molecule has 0 saturated heterocycles. The Labute approximate surface area is 155 Å². The lowest BCUT2D eigenvalue weighted by Crippen LogP contribution is -2.08. The van der Waals surface area contributed by atoms with Crippen molar-refractivity contribution in [3.05, 3.63) is 76.9 Å². The second kappa shape index (κ2) is 7.01. The summed E-state index contributed by atoms with van der Waals surface area (Å²) in [5, 5.41) is 0.741. The quantitative estimate of drug-likeness (QED) is 0.497. The van der Waals surface area contributed by atoms with Gasteiger partial charge >= 0.3 is 0 Å². The number of rotatable bonds is 3. The SMILES string of the molecule is Cc1cnc(-c2ccc(Cl)cc2)cc1-c1ccc(CC(C)(C)C)cc1. The predicted octanol–water partition coefficient (Wildman–Crippen LogP) is 6.97. The number of benzene rings is 2. The maximum atomic E-state index is 5.99. The molecule has 128 valence electrons. The molecule has 0 unspecified atom stereocenters. The molecule has 0 radical (unpaired) electrons. The number of halogens is 1. The Hall–Kier alpha value is -2.12. The minimum absolute atomic E-state index is 0.301. The molecular formula is C23H24ClN. The van der Waals surface area contributed by atoms with Crippen LogP contribution in [-0.4, -0.2) is 4.98 Å². The van der Waals surface area contributed by atoms with E-state index in [0.29, 0.717) is 5.41 Å². The zero-order valence-electron chi connectivity index (χ0n) is 15.3. The van der Waals surface area contributed by atoms with E-state index in [2.05, 4.69) is 63.0 Å². The number of hydrogen-bond acceptors (Lipinski definition) is 1. The molecule has 0 N–H and O–H groups in total. The largest absolute Gasteiger partial charge is 0.256 e. The number of hydrogen-bond donors (Lipinski definition) is 0. The lowest BCUT2D eigenvalue weighted by atomic mass is 9.87. The van der Waals surface area contributed by atoms with E-state index in [1.54, 1.807) is 0 Å². The van der Waals surface area contributed by atoms with E-state index in [0.717, 1.165) is 22.7 Å². The molecule has 2 aromatic carbocycles. The van der Waals surface area contributed by atoms with Crippen molar-refractivity contribution in [3.8, 4) is 22.4 Å². The molecule has 1 nitrogen and oxygen atoms in total. The Bertz CT molecular complexity index is 856. The summed E-state index contributed by atoms with van der Waals surface area (Å²) in [6.45, 7) is 8.92. The summed E-state index contributed by atoms with van der Waals surface area (Å²) in [6.07, 6.45) is 3.03. The maximum absolute atomic E-state index is 5.99. The van der Waals surface area contributed by atoms with Crippen LogP contribution in [0.3, 0.4) is 0 Å². The van der Waals surface area contributed by atoms with Crippen LogP contribution in [-0.2, 0) is 6.42 Å². The lowest BCUT2D eigenvalue weighted by Gasteiger charge is -2.18. The van der Waals surface area contributed by atoms with Crippen LogP contribution in [0.4, 0.5) is 0 Å². The predicted molar refractivity (Wildman–Crippen MR) is 108 cm³/mol. The number of nitrogens with zero attached hydrogens (tertiary/aromatic N) is 1. The molecule has 0 bridgehead atoms. The van der Waals surface area contributed by atoms with Gasteiger partial charge in [0.25, 0.3) is 0 Å². The molecule has 0 aliphatic heterocycles. The zero-order valence-corrected chi connectivity index (χ0v) is 16.1. The summed E-state index contributed by atoms with van der Waals surface area (Å²) >= 11 is 5.99. The van der Waals surface area contributed by atoms with Gasteiger partial charge < -0.3 is 0 Å². The van der Waals surface area contributed by atoms with E-state index in [1.807, 2.05) is 30.5 Å². The van der Waals surface area contributed by atoms with E-state index in [9.17, 15) is 0 Å². The Morgan fingerprint density at radius 3 is 2.08 bits per heavy atom. The van der Waals surface area contributed by atoms with Gasteiger partial charge in [-0.25, -0.2) is 0 Å². The highest BCUT2D eigenvalue weighted by Gasteiger charge is 2.12. The molecule has 0 saturated carbocycles. The standard InChI is InChI=1S/C23H24ClN/c1-16-15-25-22(19-9-11-20(24)12-10-19)13-21(16)18-7-5-17(6-8-18)14-23(2,3)4/h5-13,15H,14H2,1-4H3. The molecule has 0 aliphatic rings. The minimum atomic E-state index is 0.301. The van der Waals surface area contributed by atoms with E-state index >= 15 is 0 Å². The third kappa shape index (κ3) is 4.49. The van der Waals surface area contributed by atoms with Crippen LogP contribution in [0, 0.1) is 12.3 Å². The van der Waals surface area contributed by atoms with Gasteiger partial charge in [-0.15, -0.1) is 0 Å². The summed E-state index contributed by atoms with van der Waals surface area (Å²) < 4.78 is 0. The van der Waals surface area contributed by atoms with Crippen LogP contribution in [0.5, 0.6) is 0 Å². The second-order valence-electron chi connectivity index (χ2n) is 7.83. The van der Waals surface area contributed by atoms with E-state index in [-0.39, 0.29) is 0 Å². The molecule has 3 rings (SSSR count). The Kier molecular flexibility index (Phi) is 4.96. The monoisotopic (exact) mass is 349 g/mol. The Balaban J connectivity index is 1.94. The Morgan fingerprint density at radius 1 is 0.880 bits per heavy atom. The van der Waals surface area contributed by atoms with Crippen molar-refractivity contribution in [1.29, 1.82) is 0 Å². The van der Waals surface area contributed by atoms with Crippen molar-refractivity contribution < 1.29 is 0 Å². The molecule has 2 heteroatoms. The summed E-state index contributed by atoms with van der Waals surface area (Å²) in [7, 11) is 0. The highest BCUT2D eigenvalue weighted by atomic mass is 35.5. The highest BCUT2D eigenvalue weighted by molar-refractivity contribution is 6.30. The van der Waals surface area contributed by atoms with Crippen molar-refractivity contribution in [2.24, 2.45) is 5.41 Å². The average Bonchev–Trinajstić information content (AvgIpc) is 2.56. The molecule has 0 atom stereocenters. The Morgan fingerprint density at radius 2 is 1.48 bits per heavy atom. The van der Waals surface area contributed by atoms with Gasteiger partial charge in [-0.3, -0.25) is 4.98 Å². The average molecular weight is 350 g/mol. The summed E-state index contributed by atoms with van der Waals surface area (Å²) in [5.74, 6) is 0. The molecule has 1 aromatic heterocycles. The molecule has 25 heavy (non-hydrogen) atoms. The number of aromatic nitrogens is 1. The first kappa shape index (κ1) is 17.7. The number of aryl methyl sites for hydroxylation is 1. The van der Waals surface area contributed by atoms with Gasteiger partial charge in [0.1, 0.15) is 0 Å². The van der Waals surface area contributed by atoms with Crippen molar-refractivity contribution >= 4 is 11.6 Å². The van der Waals surface area contributed by atoms with Gasteiger partial charge in [-0.1, -0.05) is 68.8 Å². The first-order chi connectivity index (χ1) is 11.8. The fourth-order valence-electron chi connectivity index (χ4n) is 3.03. The van der Waals surface area contributed by atoms with E-state index in [1.165, 1.54) is 22.3 Å². The van der Waals surface area contributed by atoms with Crippen LogP contribution in [0.1, 0.15) is 31.9 Å². The second-order valence-corrected chi connectivity index (χ2v) is 8.26. The van der Waals surface area contributed by atoms with Crippen LogP contribution in [0.25, 0.3) is 22.4 Å². The lowest BCUT2D eigenvalue weighted by molar-refractivity contribution is 0.411. The van der Waals surface area contributed by atoms with Crippen molar-refractivity contribution in [1.82, 2.24) is 4.98 Å². The summed E-state index contributed by atoms with van der Waals surface area (Å²) in [5.41, 5.74) is 7.36. The first-order valence-corrected chi connectivity index (χ1v) is 9.01. The fraction of sp³-hybridized carbons (Fsp3) is 0.261. The van der Waals surface area contributed by atoms with Crippen molar-refractivity contribution in [2.75, 3.05) is 0 Å². The third-order valence-corrected chi connectivity index (χ3v) is 4.49. The maximum Gasteiger partial charge on any atom is 0.0708 e. The van der Waals surface area contributed by atoms with Gasteiger partial charge in [-0.2, -0.15) is 0 Å². The molecule has 0 fully saturated rings.